The maximum Gasteiger partial charge on any atom is 0.373 e. The van der Waals surface area contributed by atoms with Gasteiger partial charge in [-0.15, -0.1) is 0 Å². The Morgan fingerprint density at radius 1 is 0.867 bits per heavy atom. The van der Waals surface area contributed by atoms with E-state index in [1.165, 1.54) is 14.2 Å². The summed E-state index contributed by atoms with van der Waals surface area (Å²) in [6.07, 6.45) is 0.454. The summed E-state index contributed by atoms with van der Waals surface area (Å²) in [6, 6.07) is 13.3. The van der Waals surface area contributed by atoms with Gasteiger partial charge in [-0.25, -0.2) is 4.79 Å². The number of nitrogens with one attached hydrogen (secondary N) is 1. The van der Waals surface area contributed by atoms with Crippen molar-refractivity contribution in [1.29, 1.82) is 0 Å². The van der Waals surface area contributed by atoms with Crippen LogP contribution in [-0.4, -0.2) is 52.8 Å². The second-order valence-electron chi connectivity index (χ2n) is 5.93. The Kier molecular flexibility index (Phi) is 10.1. The number of carbonyl (C=O) groups excluding carboxylic acids is 2. The van der Waals surface area contributed by atoms with E-state index in [9.17, 15) is 9.59 Å². The topological polar surface area (TPSA) is 102 Å². The minimum Gasteiger partial charge on any atom is -0.464 e. The highest BCUT2D eigenvalue weighted by Crippen LogP contribution is 2.28. The number of rotatable bonds is 13. The summed E-state index contributed by atoms with van der Waals surface area (Å²) < 4.78 is 20.6. The molecule has 0 fully saturated rings. The third-order valence-corrected chi connectivity index (χ3v) is 3.70. The van der Waals surface area contributed by atoms with Crippen molar-refractivity contribution >= 4 is 11.9 Å². The second-order valence-corrected chi connectivity index (χ2v) is 5.93. The van der Waals surface area contributed by atoms with Crippen LogP contribution in [0.15, 0.2) is 48.5 Å². The minimum atomic E-state index is -0.570. The van der Waals surface area contributed by atoms with Crippen LogP contribution < -0.4 is 14.8 Å². The van der Waals surface area contributed by atoms with Crippen LogP contribution in [0.25, 0.3) is 0 Å². The summed E-state index contributed by atoms with van der Waals surface area (Å²) in [5.74, 6) is -0.0763. The van der Waals surface area contributed by atoms with Crippen LogP contribution in [0.4, 0.5) is 0 Å². The molecule has 0 atom stereocenters. The van der Waals surface area contributed by atoms with Gasteiger partial charge < -0.3 is 24.3 Å². The van der Waals surface area contributed by atoms with Crippen LogP contribution in [0.5, 0.6) is 11.5 Å². The molecular formula is C21H25NO8. The van der Waals surface area contributed by atoms with Gasteiger partial charge in [0.25, 0.3) is 5.91 Å². The van der Waals surface area contributed by atoms with Gasteiger partial charge in [-0.05, 0) is 36.8 Å². The fraction of sp³-hybridized carbons (Fsp3) is 0.333. The van der Waals surface area contributed by atoms with Crippen LogP contribution >= 0.6 is 0 Å². The van der Waals surface area contributed by atoms with Gasteiger partial charge in [0.05, 0.1) is 12.2 Å². The van der Waals surface area contributed by atoms with Crippen molar-refractivity contribution in [2.75, 3.05) is 41.0 Å². The lowest BCUT2D eigenvalue weighted by Gasteiger charge is -2.13. The number of hydrogen-bond acceptors (Lipinski definition) is 8. The number of carbonyl (C=O) groups is 2. The third-order valence-electron chi connectivity index (χ3n) is 3.70. The van der Waals surface area contributed by atoms with Crippen LogP contribution in [0, 0.1) is 0 Å². The standard InChI is InChI=1S/C21H25NO8/c1-25-14-27-18-10-9-17(13-19(18)28-15-26-2)20(23)22-11-6-12-29-30-21(24)16-7-4-3-5-8-16/h3-5,7-10,13H,6,11-12,14-15H2,1-2H3,(H,22,23). The molecular weight excluding hydrogens is 394 g/mol. The van der Waals surface area contributed by atoms with Gasteiger partial charge in [0, 0.05) is 26.3 Å². The molecule has 0 radical (unpaired) electrons. The summed E-state index contributed by atoms with van der Waals surface area (Å²) in [6.45, 7) is 0.528. The van der Waals surface area contributed by atoms with E-state index >= 15 is 0 Å². The lowest BCUT2D eigenvalue weighted by atomic mass is 10.2. The largest absolute Gasteiger partial charge is 0.464 e. The Morgan fingerprint density at radius 3 is 2.27 bits per heavy atom. The first-order chi connectivity index (χ1) is 14.7. The van der Waals surface area contributed by atoms with E-state index in [0.29, 0.717) is 35.6 Å². The molecule has 0 saturated heterocycles. The molecule has 9 heteroatoms. The lowest BCUT2D eigenvalue weighted by Crippen LogP contribution is -2.25. The maximum atomic E-state index is 12.3. The van der Waals surface area contributed by atoms with E-state index in [4.69, 9.17) is 28.7 Å². The predicted octanol–water partition coefficient (Wildman–Crippen LogP) is 2.56. The van der Waals surface area contributed by atoms with Crippen molar-refractivity contribution in [3.05, 3.63) is 59.7 Å². The highest BCUT2D eigenvalue weighted by molar-refractivity contribution is 5.94. The van der Waals surface area contributed by atoms with E-state index < -0.39 is 5.97 Å². The molecule has 1 N–H and O–H groups in total. The van der Waals surface area contributed by atoms with Crippen molar-refractivity contribution in [3.8, 4) is 11.5 Å². The minimum absolute atomic E-state index is 0.00740. The first-order valence-electron chi connectivity index (χ1n) is 9.20. The number of hydrogen-bond donors (Lipinski definition) is 1. The molecule has 30 heavy (non-hydrogen) atoms. The van der Waals surface area contributed by atoms with Gasteiger partial charge in [-0.1, -0.05) is 18.2 Å². The van der Waals surface area contributed by atoms with Crippen LogP contribution in [-0.2, 0) is 19.2 Å². The number of methoxy groups -OCH3 is 2. The SMILES string of the molecule is COCOc1ccc(C(=O)NCCCOOC(=O)c2ccccc2)cc1OCOC. The summed E-state index contributed by atoms with van der Waals surface area (Å²) in [5, 5.41) is 2.75. The highest BCUT2D eigenvalue weighted by atomic mass is 17.2. The molecule has 0 aliphatic heterocycles. The number of benzene rings is 2. The molecule has 2 aromatic rings. The Bertz CT molecular complexity index is 797. The molecule has 0 aliphatic carbocycles. The van der Waals surface area contributed by atoms with Gasteiger partial charge >= 0.3 is 5.97 Å². The fourth-order valence-electron chi connectivity index (χ4n) is 2.28. The predicted molar refractivity (Wildman–Crippen MR) is 106 cm³/mol. The third kappa shape index (κ3) is 7.70. The van der Waals surface area contributed by atoms with Gasteiger partial charge in [0.15, 0.2) is 25.1 Å². The fourth-order valence-corrected chi connectivity index (χ4v) is 2.28. The summed E-state index contributed by atoms with van der Waals surface area (Å²) >= 11 is 0. The molecule has 0 spiro atoms. The first-order valence-corrected chi connectivity index (χ1v) is 9.20. The normalized spacial score (nSPS) is 10.3. The molecule has 0 bridgehead atoms. The Labute approximate surface area is 174 Å². The smallest absolute Gasteiger partial charge is 0.373 e. The maximum absolute atomic E-state index is 12.3. The average Bonchev–Trinajstić information content (AvgIpc) is 2.79. The first kappa shape index (κ1) is 23.1. The zero-order valence-electron chi connectivity index (χ0n) is 16.9. The summed E-state index contributed by atoms with van der Waals surface area (Å²) in [5.41, 5.74) is 0.789. The second kappa shape index (κ2) is 13.2. The van der Waals surface area contributed by atoms with Crippen LogP contribution in [0.1, 0.15) is 27.1 Å². The Hall–Kier alpha value is -3.14. The number of amides is 1. The van der Waals surface area contributed by atoms with Crippen LogP contribution in [0.2, 0.25) is 0 Å². The van der Waals surface area contributed by atoms with E-state index in [2.05, 4.69) is 5.32 Å². The average molecular weight is 419 g/mol. The molecule has 1 amide bonds. The van der Waals surface area contributed by atoms with Crippen LogP contribution in [0.3, 0.4) is 0 Å². The van der Waals surface area contributed by atoms with Crippen molar-refractivity contribution in [1.82, 2.24) is 5.32 Å². The molecule has 0 heterocycles. The van der Waals surface area contributed by atoms with E-state index in [0.717, 1.165) is 0 Å². The Balaban J connectivity index is 1.75. The van der Waals surface area contributed by atoms with Crippen molar-refractivity contribution in [2.45, 2.75) is 6.42 Å². The molecule has 0 saturated carbocycles. The molecule has 2 aromatic carbocycles. The number of ether oxygens (including phenoxy) is 4. The molecule has 0 aliphatic rings. The quantitative estimate of drug-likeness (QED) is 0.229. The van der Waals surface area contributed by atoms with E-state index in [1.807, 2.05) is 0 Å². The van der Waals surface area contributed by atoms with E-state index in [1.54, 1.807) is 48.5 Å². The van der Waals surface area contributed by atoms with Crippen molar-refractivity contribution in [3.63, 3.8) is 0 Å². The molecule has 162 valence electrons. The monoisotopic (exact) mass is 419 g/mol. The summed E-state index contributed by atoms with van der Waals surface area (Å²) in [7, 11) is 3.00. The molecule has 9 nitrogen and oxygen atoms in total. The van der Waals surface area contributed by atoms with Gasteiger partial charge in [-0.3, -0.25) is 9.68 Å². The van der Waals surface area contributed by atoms with E-state index in [-0.39, 0.29) is 26.1 Å². The van der Waals surface area contributed by atoms with Gasteiger partial charge in [0.2, 0.25) is 0 Å². The molecule has 0 aromatic heterocycles. The zero-order chi connectivity index (χ0) is 21.6. The molecule has 2 rings (SSSR count). The lowest BCUT2D eigenvalue weighted by molar-refractivity contribution is -0.240. The van der Waals surface area contributed by atoms with Gasteiger partial charge in [0.1, 0.15) is 0 Å². The molecule has 0 unspecified atom stereocenters. The zero-order valence-corrected chi connectivity index (χ0v) is 16.9. The van der Waals surface area contributed by atoms with Crippen molar-refractivity contribution < 1.29 is 38.3 Å². The highest BCUT2D eigenvalue weighted by Gasteiger charge is 2.12. The van der Waals surface area contributed by atoms with Gasteiger partial charge in [-0.2, -0.15) is 4.89 Å². The summed E-state index contributed by atoms with van der Waals surface area (Å²) in [4.78, 5) is 33.7. The van der Waals surface area contributed by atoms with Crippen molar-refractivity contribution in [2.24, 2.45) is 0 Å². The Morgan fingerprint density at radius 2 is 1.57 bits per heavy atom.